The molecule has 0 saturated heterocycles. The molecule has 0 fully saturated rings. The summed E-state index contributed by atoms with van der Waals surface area (Å²) < 4.78 is 5.35. The fourth-order valence-corrected chi connectivity index (χ4v) is 1.51. The Morgan fingerprint density at radius 2 is 2.29 bits per heavy atom. The summed E-state index contributed by atoms with van der Waals surface area (Å²) in [5.41, 5.74) is 8.50. The molecule has 90 valence electrons. The van der Waals surface area contributed by atoms with E-state index in [0.717, 1.165) is 17.0 Å². The van der Waals surface area contributed by atoms with Gasteiger partial charge in [0.2, 0.25) is 5.88 Å². The van der Waals surface area contributed by atoms with E-state index in [-0.39, 0.29) is 6.04 Å². The third-order valence-corrected chi connectivity index (χ3v) is 2.41. The van der Waals surface area contributed by atoms with Crippen molar-refractivity contribution in [2.45, 2.75) is 19.9 Å². The Labute approximate surface area is 100 Å². The Morgan fingerprint density at radius 3 is 2.94 bits per heavy atom. The summed E-state index contributed by atoms with van der Waals surface area (Å²) in [6.45, 7) is 4.44. The van der Waals surface area contributed by atoms with Gasteiger partial charge in [0.25, 0.3) is 0 Å². The maximum atomic E-state index is 5.77. The van der Waals surface area contributed by atoms with Gasteiger partial charge in [-0.2, -0.15) is 5.10 Å². The van der Waals surface area contributed by atoms with E-state index in [0.29, 0.717) is 12.5 Å². The van der Waals surface area contributed by atoms with Crippen molar-refractivity contribution in [1.82, 2.24) is 15.2 Å². The highest BCUT2D eigenvalue weighted by Gasteiger charge is 2.07. The number of nitrogens with zero attached hydrogens (tertiary/aromatic N) is 2. The van der Waals surface area contributed by atoms with Crippen LogP contribution in [-0.4, -0.2) is 21.8 Å². The number of hydrogen-bond acceptors (Lipinski definition) is 4. The summed E-state index contributed by atoms with van der Waals surface area (Å²) in [5.74, 6) is 0.607. The van der Waals surface area contributed by atoms with Gasteiger partial charge in [-0.3, -0.25) is 5.10 Å². The fraction of sp³-hybridized carbons (Fsp3) is 0.333. The van der Waals surface area contributed by atoms with E-state index < -0.39 is 0 Å². The number of pyridine rings is 1. The van der Waals surface area contributed by atoms with Crippen LogP contribution in [-0.2, 0) is 0 Å². The Kier molecular flexibility index (Phi) is 3.39. The number of nitrogens with two attached hydrogens (primary N) is 1. The maximum absolute atomic E-state index is 5.77. The molecule has 2 rings (SSSR count). The number of aromatic amines is 1. The monoisotopic (exact) mass is 232 g/mol. The molecule has 0 aliphatic carbocycles. The Balaban J connectivity index is 2.28. The number of nitrogens with one attached hydrogen (secondary N) is 1. The molecule has 3 N–H and O–H groups in total. The third kappa shape index (κ3) is 2.62. The second kappa shape index (κ2) is 4.97. The third-order valence-electron chi connectivity index (χ3n) is 2.41. The molecule has 0 bridgehead atoms. The molecule has 0 aliphatic rings. The van der Waals surface area contributed by atoms with Gasteiger partial charge in [-0.1, -0.05) is 0 Å². The van der Waals surface area contributed by atoms with Crippen LogP contribution in [0.2, 0.25) is 0 Å². The topological polar surface area (TPSA) is 76.8 Å². The molecule has 5 nitrogen and oxygen atoms in total. The van der Waals surface area contributed by atoms with Crippen LogP contribution in [0.1, 0.15) is 25.6 Å². The second-order valence-corrected chi connectivity index (χ2v) is 3.81. The summed E-state index contributed by atoms with van der Waals surface area (Å²) >= 11 is 0. The van der Waals surface area contributed by atoms with Crippen LogP contribution < -0.4 is 10.5 Å². The zero-order chi connectivity index (χ0) is 12.3. The zero-order valence-corrected chi connectivity index (χ0v) is 9.97. The Hall–Kier alpha value is -1.88. The highest BCUT2D eigenvalue weighted by molar-refractivity contribution is 5.60. The smallest absolute Gasteiger partial charge is 0.213 e. The largest absolute Gasteiger partial charge is 0.478 e. The molecule has 0 radical (unpaired) electrons. The van der Waals surface area contributed by atoms with E-state index in [1.54, 1.807) is 6.20 Å². The van der Waals surface area contributed by atoms with Gasteiger partial charge in [0.1, 0.15) is 0 Å². The van der Waals surface area contributed by atoms with Crippen molar-refractivity contribution >= 4 is 0 Å². The van der Waals surface area contributed by atoms with Gasteiger partial charge < -0.3 is 10.5 Å². The number of hydrogen-bond donors (Lipinski definition) is 2. The fourth-order valence-electron chi connectivity index (χ4n) is 1.51. The summed E-state index contributed by atoms with van der Waals surface area (Å²) in [7, 11) is 0. The minimum atomic E-state index is -0.0514. The SMILES string of the molecule is CCOc1cc(-c2cc([C@H](C)N)[nH]n2)ccn1. The van der Waals surface area contributed by atoms with Gasteiger partial charge in [-0.05, 0) is 26.0 Å². The summed E-state index contributed by atoms with van der Waals surface area (Å²) in [5, 5.41) is 7.14. The molecule has 17 heavy (non-hydrogen) atoms. The van der Waals surface area contributed by atoms with E-state index in [1.807, 2.05) is 32.0 Å². The van der Waals surface area contributed by atoms with E-state index in [9.17, 15) is 0 Å². The highest BCUT2D eigenvalue weighted by atomic mass is 16.5. The normalized spacial score (nSPS) is 12.4. The molecular weight excluding hydrogens is 216 g/mol. The molecule has 0 spiro atoms. The van der Waals surface area contributed by atoms with Crippen LogP contribution in [0.4, 0.5) is 0 Å². The Bertz CT molecular complexity index is 493. The van der Waals surface area contributed by atoms with Gasteiger partial charge in [0.05, 0.1) is 18.0 Å². The molecule has 5 heteroatoms. The summed E-state index contributed by atoms with van der Waals surface area (Å²) in [6.07, 6.45) is 1.71. The lowest BCUT2D eigenvalue weighted by molar-refractivity contribution is 0.327. The minimum Gasteiger partial charge on any atom is -0.478 e. The van der Waals surface area contributed by atoms with Crippen molar-refractivity contribution in [2.75, 3.05) is 6.61 Å². The van der Waals surface area contributed by atoms with Crippen molar-refractivity contribution in [3.05, 3.63) is 30.1 Å². The lowest BCUT2D eigenvalue weighted by atomic mass is 10.1. The average Bonchev–Trinajstić information content (AvgIpc) is 2.79. The van der Waals surface area contributed by atoms with Gasteiger partial charge >= 0.3 is 0 Å². The number of ether oxygens (including phenoxy) is 1. The minimum absolute atomic E-state index is 0.0514. The van der Waals surface area contributed by atoms with E-state index in [4.69, 9.17) is 10.5 Å². The molecule has 2 aromatic rings. The predicted octanol–water partition coefficient (Wildman–Crippen LogP) is 1.89. The Morgan fingerprint density at radius 1 is 1.47 bits per heavy atom. The molecule has 0 aromatic carbocycles. The van der Waals surface area contributed by atoms with Gasteiger partial charge in [0, 0.05) is 23.9 Å². The molecule has 2 aromatic heterocycles. The molecular formula is C12H16N4O. The van der Waals surface area contributed by atoms with E-state index in [2.05, 4.69) is 15.2 Å². The molecule has 2 heterocycles. The summed E-state index contributed by atoms with van der Waals surface area (Å²) in [4.78, 5) is 4.11. The van der Waals surface area contributed by atoms with Gasteiger partial charge in [0.15, 0.2) is 0 Å². The summed E-state index contributed by atoms with van der Waals surface area (Å²) in [6, 6.07) is 5.65. The zero-order valence-electron chi connectivity index (χ0n) is 9.97. The van der Waals surface area contributed by atoms with Gasteiger partial charge in [-0.25, -0.2) is 4.98 Å². The molecule has 0 saturated carbocycles. The lowest BCUT2D eigenvalue weighted by Crippen LogP contribution is -2.04. The van der Waals surface area contributed by atoms with Crippen molar-refractivity contribution in [3.63, 3.8) is 0 Å². The van der Waals surface area contributed by atoms with Crippen LogP contribution in [0.5, 0.6) is 5.88 Å². The first-order valence-corrected chi connectivity index (χ1v) is 5.60. The van der Waals surface area contributed by atoms with Crippen LogP contribution in [0.25, 0.3) is 11.3 Å². The van der Waals surface area contributed by atoms with Gasteiger partial charge in [-0.15, -0.1) is 0 Å². The molecule has 0 unspecified atom stereocenters. The molecule has 1 atom stereocenters. The van der Waals surface area contributed by atoms with Crippen molar-refractivity contribution in [2.24, 2.45) is 5.73 Å². The number of aromatic nitrogens is 3. The number of rotatable bonds is 4. The van der Waals surface area contributed by atoms with Crippen LogP contribution in [0.3, 0.4) is 0 Å². The van der Waals surface area contributed by atoms with Crippen molar-refractivity contribution < 1.29 is 4.74 Å². The van der Waals surface area contributed by atoms with Crippen LogP contribution in [0.15, 0.2) is 24.4 Å². The second-order valence-electron chi connectivity index (χ2n) is 3.81. The number of H-pyrrole nitrogens is 1. The molecule has 0 aliphatic heterocycles. The van der Waals surface area contributed by atoms with Crippen LogP contribution >= 0.6 is 0 Å². The highest BCUT2D eigenvalue weighted by Crippen LogP contribution is 2.22. The van der Waals surface area contributed by atoms with Crippen LogP contribution in [0, 0.1) is 0 Å². The maximum Gasteiger partial charge on any atom is 0.213 e. The predicted molar refractivity (Wildman–Crippen MR) is 65.6 cm³/mol. The molecule has 0 amide bonds. The first kappa shape index (κ1) is 11.6. The quantitative estimate of drug-likeness (QED) is 0.844. The lowest BCUT2D eigenvalue weighted by Gasteiger charge is -2.02. The first-order valence-electron chi connectivity index (χ1n) is 5.60. The van der Waals surface area contributed by atoms with E-state index >= 15 is 0 Å². The standard InChI is InChI=1S/C12H16N4O/c1-3-17-12-6-9(4-5-14-12)11-7-10(8(2)13)15-16-11/h4-8H,3,13H2,1-2H3,(H,15,16)/t8-/m0/s1. The average molecular weight is 232 g/mol. The van der Waals surface area contributed by atoms with Crippen molar-refractivity contribution in [3.8, 4) is 17.1 Å². The first-order chi connectivity index (χ1) is 8.20. The van der Waals surface area contributed by atoms with E-state index in [1.165, 1.54) is 0 Å². The van der Waals surface area contributed by atoms with Crippen molar-refractivity contribution in [1.29, 1.82) is 0 Å².